The summed E-state index contributed by atoms with van der Waals surface area (Å²) in [5.74, 6) is -0.872. The van der Waals surface area contributed by atoms with E-state index in [0.717, 1.165) is 0 Å². The summed E-state index contributed by atoms with van der Waals surface area (Å²) in [6, 6.07) is 14.1. The zero-order chi connectivity index (χ0) is 17.1. The third kappa shape index (κ3) is 3.17. The van der Waals surface area contributed by atoms with Gasteiger partial charge in [-0.1, -0.05) is 6.07 Å². The SMILES string of the molecule is COC(=O)c1cccc(C(=O)Nc2ccc3oc(=O)ccc3c2)c1. The lowest BCUT2D eigenvalue weighted by Gasteiger charge is -2.07. The Bertz CT molecular complexity index is 990. The smallest absolute Gasteiger partial charge is 0.337 e. The summed E-state index contributed by atoms with van der Waals surface area (Å²) in [5.41, 5.74) is 1.18. The number of carbonyl (C=O) groups is 2. The highest BCUT2D eigenvalue weighted by Crippen LogP contribution is 2.18. The van der Waals surface area contributed by atoms with Gasteiger partial charge in [-0.2, -0.15) is 0 Å². The number of hydrogen-bond acceptors (Lipinski definition) is 5. The molecule has 3 aromatic rings. The summed E-state index contributed by atoms with van der Waals surface area (Å²) >= 11 is 0. The average Bonchev–Trinajstić information content (AvgIpc) is 2.61. The van der Waals surface area contributed by atoms with Gasteiger partial charge in [0, 0.05) is 22.7 Å². The molecule has 2 aromatic carbocycles. The van der Waals surface area contributed by atoms with E-state index in [9.17, 15) is 14.4 Å². The Morgan fingerprint density at radius 3 is 2.58 bits per heavy atom. The Morgan fingerprint density at radius 1 is 1.00 bits per heavy atom. The van der Waals surface area contributed by atoms with Crippen LogP contribution < -0.4 is 10.9 Å². The molecular formula is C18H13NO5. The summed E-state index contributed by atoms with van der Waals surface area (Å²) in [6.07, 6.45) is 0. The van der Waals surface area contributed by atoms with E-state index in [1.165, 1.54) is 19.2 Å². The van der Waals surface area contributed by atoms with E-state index in [1.807, 2.05) is 0 Å². The van der Waals surface area contributed by atoms with E-state index in [0.29, 0.717) is 27.8 Å². The highest BCUT2D eigenvalue weighted by molar-refractivity contribution is 6.06. The van der Waals surface area contributed by atoms with Crippen LogP contribution in [-0.4, -0.2) is 19.0 Å². The summed E-state index contributed by atoms with van der Waals surface area (Å²) in [6.45, 7) is 0. The molecule has 6 nitrogen and oxygen atoms in total. The molecule has 3 rings (SSSR count). The molecule has 0 atom stereocenters. The number of esters is 1. The predicted molar refractivity (Wildman–Crippen MR) is 88.2 cm³/mol. The van der Waals surface area contributed by atoms with Crippen molar-refractivity contribution in [3.63, 3.8) is 0 Å². The monoisotopic (exact) mass is 323 g/mol. The van der Waals surface area contributed by atoms with Gasteiger partial charge in [0.2, 0.25) is 0 Å². The first-order chi connectivity index (χ1) is 11.6. The minimum absolute atomic E-state index is 0.297. The van der Waals surface area contributed by atoms with Crippen molar-refractivity contribution < 1.29 is 18.7 Å². The number of rotatable bonds is 3. The molecule has 1 aromatic heterocycles. The minimum atomic E-state index is -0.509. The highest BCUT2D eigenvalue weighted by Gasteiger charge is 2.11. The van der Waals surface area contributed by atoms with Gasteiger partial charge in [-0.3, -0.25) is 4.79 Å². The molecule has 0 saturated carbocycles. The minimum Gasteiger partial charge on any atom is -0.465 e. The second kappa shape index (κ2) is 6.37. The van der Waals surface area contributed by atoms with Gasteiger partial charge >= 0.3 is 11.6 Å². The second-order valence-electron chi connectivity index (χ2n) is 5.03. The lowest BCUT2D eigenvalue weighted by Crippen LogP contribution is -2.13. The van der Waals surface area contributed by atoms with Crippen LogP contribution in [0.2, 0.25) is 0 Å². The van der Waals surface area contributed by atoms with Crippen molar-refractivity contribution in [2.24, 2.45) is 0 Å². The van der Waals surface area contributed by atoms with Crippen LogP contribution in [0.4, 0.5) is 5.69 Å². The quantitative estimate of drug-likeness (QED) is 0.592. The number of methoxy groups -OCH3 is 1. The normalized spacial score (nSPS) is 10.4. The fraction of sp³-hybridized carbons (Fsp3) is 0.0556. The topological polar surface area (TPSA) is 85.6 Å². The molecule has 120 valence electrons. The first-order valence-electron chi connectivity index (χ1n) is 7.10. The molecule has 24 heavy (non-hydrogen) atoms. The molecule has 0 aliphatic rings. The highest BCUT2D eigenvalue weighted by atomic mass is 16.5. The number of benzene rings is 2. The van der Waals surface area contributed by atoms with Crippen molar-refractivity contribution in [3.8, 4) is 0 Å². The van der Waals surface area contributed by atoms with Crippen LogP contribution in [-0.2, 0) is 4.74 Å². The van der Waals surface area contributed by atoms with Crippen molar-refractivity contribution in [2.45, 2.75) is 0 Å². The number of ether oxygens (including phenoxy) is 1. The largest absolute Gasteiger partial charge is 0.465 e. The Hall–Kier alpha value is -3.41. The zero-order valence-electron chi connectivity index (χ0n) is 12.7. The van der Waals surface area contributed by atoms with Gasteiger partial charge in [0.25, 0.3) is 5.91 Å². The third-order valence-electron chi connectivity index (χ3n) is 3.42. The molecule has 0 aliphatic heterocycles. The molecule has 0 unspecified atom stereocenters. The van der Waals surface area contributed by atoms with Gasteiger partial charge in [0.15, 0.2) is 0 Å². The Balaban J connectivity index is 1.85. The second-order valence-corrected chi connectivity index (χ2v) is 5.03. The lowest BCUT2D eigenvalue weighted by molar-refractivity contribution is 0.0600. The van der Waals surface area contributed by atoms with Crippen LogP contribution in [0.1, 0.15) is 20.7 Å². The van der Waals surface area contributed by atoms with Gasteiger partial charge in [-0.15, -0.1) is 0 Å². The van der Waals surface area contributed by atoms with Gasteiger partial charge in [0.1, 0.15) is 5.58 Å². The van der Waals surface area contributed by atoms with Crippen LogP contribution >= 0.6 is 0 Å². The maximum absolute atomic E-state index is 12.3. The molecular weight excluding hydrogens is 310 g/mol. The van der Waals surface area contributed by atoms with E-state index in [2.05, 4.69) is 10.1 Å². The maximum atomic E-state index is 12.3. The van der Waals surface area contributed by atoms with Gasteiger partial charge < -0.3 is 14.5 Å². The number of nitrogens with one attached hydrogen (secondary N) is 1. The van der Waals surface area contributed by atoms with E-state index in [1.54, 1.807) is 42.5 Å². The zero-order valence-corrected chi connectivity index (χ0v) is 12.7. The fourth-order valence-electron chi connectivity index (χ4n) is 2.26. The third-order valence-corrected chi connectivity index (χ3v) is 3.42. The summed E-state index contributed by atoms with van der Waals surface area (Å²) in [5, 5.41) is 3.43. The Kier molecular flexibility index (Phi) is 4.11. The van der Waals surface area contributed by atoms with E-state index < -0.39 is 11.6 Å². The Labute approximate surface area is 136 Å². The van der Waals surface area contributed by atoms with Crippen molar-refractivity contribution in [1.29, 1.82) is 0 Å². The molecule has 6 heteroatoms. The average molecular weight is 323 g/mol. The predicted octanol–water partition coefficient (Wildman–Crippen LogP) is 2.83. The van der Waals surface area contributed by atoms with Crippen LogP contribution in [0.3, 0.4) is 0 Å². The molecule has 1 amide bonds. The van der Waals surface area contributed by atoms with Gasteiger partial charge in [-0.05, 0) is 42.5 Å². The van der Waals surface area contributed by atoms with E-state index in [-0.39, 0.29) is 5.91 Å². The molecule has 0 saturated heterocycles. The van der Waals surface area contributed by atoms with Crippen LogP contribution in [0.5, 0.6) is 0 Å². The summed E-state index contributed by atoms with van der Waals surface area (Å²) in [7, 11) is 1.28. The van der Waals surface area contributed by atoms with E-state index in [4.69, 9.17) is 4.42 Å². The van der Waals surface area contributed by atoms with Crippen LogP contribution in [0.25, 0.3) is 11.0 Å². The number of amides is 1. The molecule has 0 radical (unpaired) electrons. The summed E-state index contributed by atoms with van der Waals surface area (Å²) < 4.78 is 9.68. The van der Waals surface area contributed by atoms with Crippen molar-refractivity contribution >= 4 is 28.5 Å². The summed E-state index contributed by atoms with van der Waals surface area (Å²) in [4.78, 5) is 35.0. The lowest BCUT2D eigenvalue weighted by atomic mass is 10.1. The van der Waals surface area contributed by atoms with Gasteiger partial charge in [0.05, 0.1) is 12.7 Å². The molecule has 0 bridgehead atoms. The van der Waals surface area contributed by atoms with Crippen LogP contribution in [0, 0.1) is 0 Å². The molecule has 0 spiro atoms. The van der Waals surface area contributed by atoms with Crippen molar-refractivity contribution in [2.75, 3.05) is 12.4 Å². The van der Waals surface area contributed by atoms with E-state index >= 15 is 0 Å². The molecule has 1 N–H and O–H groups in total. The molecule has 0 aliphatic carbocycles. The fourth-order valence-corrected chi connectivity index (χ4v) is 2.26. The molecule has 1 heterocycles. The number of anilines is 1. The van der Waals surface area contributed by atoms with Crippen molar-refractivity contribution in [3.05, 3.63) is 76.1 Å². The van der Waals surface area contributed by atoms with Gasteiger partial charge in [-0.25, -0.2) is 9.59 Å². The first kappa shape index (κ1) is 15.5. The maximum Gasteiger partial charge on any atom is 0.337 e. The molecule has 0 fully saturated rings. The van der Waals surface area contributed by atoms with Crippen molar-refractivity contribution in [1.82, 2.24) is 0 Å². The Morgan fingerprint density at radius 2 is 1.79 bits per heavy atom. The standard InChI is InChI=1S/C18H13NO5/c1-23-18(22)13-4-2-3-12(9-13)17(21)19-14-6-7-15-11(10-14)5-8-16(20)24-15/h2-10H,1H3,(H,19,21). The number of fused-ring (bicyclic) bond motifs is 1. The number of carbonyl (C=O) groups excluding carboxylic acids is 2. The number of hydrogen-bond donors (Lipinski definition) is 1. The first-order valence-corrected chi connectivity index (χ1v) is 7.10. The van der Waals surface area contributed by atoms with Crippen LogP contribution in [0.15, 0.2) is 63.8 Å².